The van der Waals surface area contributed by atoms with Crippen molar-refractivity contribution in [3.05, 3.63) is 29.6 Å². The molecule has 0 heterocycles. The topological polar surface area (TPSA) is 113 Å². The van der Waals surface area contributed by atoms with Crippen LogP contribution in [0.3, 0.4) is 0 Å². The van der Waals surface area contributed by atoms with E-state index in [-0.39, 0.29) is 6.07 Å². The minimum atomic E-state index is -5.02. The van der Waals surface area contributed by atoms with Crippen LogP contribution in [-0.2, 0) is 25.8 Å². The van der Waals surface area contributed by atoms with E-state index < -0.39 is 57.4 Å². The molecule has 1 amide bonds. The molecular formula is C11H10F4N2O5S. The van der Waals surface area contributed by atoms with Crippen LogP contribution in [-0.4, -0.2) is 37.7 Å². The Bertz CT molecular complexity index is 718. The molecule has 0 aliphatic rings. The van der Waals surface area contributed by atoms with Crippen LogP contribution in [0, 0.1) is 5.82 Å². The Morgan fingerprint density at radius 2 is 1.83 bits per heavy atom. The number of halogens is 4. The highest BCUT2D eigenvalue weighted by Crippen LogP contribution is 2.33. The van der Waals surface area contributed by atoms with Gasteiger partial charge >= 0.3 is 12.1 Å². The monoisotopic (exact) mass is 358 g/mol. The minimum absolute atomic E-state index is 0.238. The number of amides is 1. The number of carboxylic acids is 1. The van der Waals surface area contributed by atoms with Crippen LogP contribution in [0.5, 0.6) is 0 Å². The number of alkyl halides is 3. The van der Waals surface area contributed by atoms with Gasteiger partial charge in [0.2, 0.25) is 15.9 Å². The van der Waals surface area contributed by atoms with Crippen molar-refractivity contribution in [1.82, 2.24) is 5.32 Å². The third-order valence-electron chi connectivity index (χ3n) is 2.30. The third-order valence-corrected chi connectivity index (χ3v) is 3.49. The fraction of sp³-hybridized carbons (Fsp3) is 0.273. The zero-order valence-corrected chi connectivity index (χ0v) is 12.0. The van der Waals surface area contributed by atoms with Gasteiger partial charge in [-0.3, -0.25) is 14.3 Å². The van der Waals surface area contributed by atoms with Crippen LogP contribution in [0.1, 0.15) is 5.56 Å². The maximum absolute atomic E-state index is 13.1. The Kier molecular flexibility index (Phi) is 5.53. The molecule has 0 aliphatic carbocycles. The molecule has 0 unspecified atom stereocenters. The van der Waals surface area contributed by atoms with Crippen LogP contribution in [0.4, 0.5) is 23.2 Å². The van der Waals surface area contributed by atoms with Gasteiger partial charge in [-0.25, -0.2) is 12.8 Å². The zero-order chi connectivity index (χ0) is 17.8. The van der Waals surface area contributed by atoms with E-state index in [0.29, 0.717) is 6.07 Å². The van der Waals surface area contributed by atoms with E-state index in [4.69, 9.17) is 5.11 Å². The van der Waals surface area contributed by atoms with Gasteiger partial charge in [0.15, 0.2) is 0 Å². The van der Waals surface area contributed by atoms with Crippen molar-refractivity contribution in [2.24, 2.45) is 0 Å². The summed E-state index contributed by atoms with van der Waals surface area (Å²) in [5, 5.41) is 10.1. The molecule has 0 aliphatic heterocycles. The van der Waals surface area contributed by atoms with Crippen LogP contribution in [0.15, 0.2) is 18.2 Å². The highest BCUT2D eigenvalue weighted by Gasteiger charge is 2.34. The number of sulfonamides is 1. The number of aliphatic carboxylic acids is 1. The fourth-order valence-electron chi connectivity index (χ4n) is 1.42. The van der Waals surface area contributed by atoms with E-state index in [2.05, 4.69) is 0 Å². The Morgan fingerprint density at radius 1 is 1.22 bits per heavy atom. The Balaban J connectivity index is 2.86. The summed E-state index contributed by atoms with van der Waals surface area (Å²) in [5.74, 6) is -5.37. The molecule has 3 N–H and O–H groups in total. The molecule has 0 aromatic heterocycles. The first-order chi connectivity index (χ1) is 10.4. The average molecular weight is 358 g/mol. The summed E-state index contributed by atoms with van der Waals surface area (Å²) in [6.07, 6.45) is -5.02. The fourth-order valence-corrected chi connectivity index (χ4v) is 2.42. The average Bonchev–Trinajstić information content (AvgIpc) is 2.36. The molecule has 128 valence electrons. The van der Waals surface area contributed by atoms with Gasteiger partial charge in [-0.2, -0.15) is 13.2 Å². The van der Waals surface area contributed by atoms with Gasteiger partial charge in [0.05, 0.1) is 5.56 Å². The van der Waals surface area contributed by atoms with Gasteiger partial charge in [0, 0.05) is 5.69 Å². The lowest BCUT2D eigenvalue weighted by molar-refractivity contribution is -0.140. The van der Waals surface area contributed by atoms with Gasteiger partial charge < -0.3 is 10.4 Å². The molecule has 0 saturated heterocycles. The van der Waals surface area contributed by atoms with E-state index in [1.165, 1.54) is 0 Å². The van der Waals surface area contributed by atoms with Crippen molar-refractivity contribution in [2.45, 2.75) is 6.18 Å². The van der Waals surface area contributed by atoms with E-state index in [0.717, 1.165) is 6.07 Å². The molecule has 1 rings (SSSR count). The summed E-state index contributed by atoms with van der Waals surface area (Å²) in [4.78, 5) is 21.4. The van der Waals surface area contributed by atoms with Gasteiger partial charge in [0.1, 0.15) is 18.1 Å². The number of hydrogen-bond acceptors (Lipinski definition) is 4. The lowest BCUT2D eigenvalue weighted by atomic mass is 10.2. The van der Waals surface area contributed by atoms with Crippen molar-refractivity contribution in [3.8, 4) is 0 Å². The van der Waals surface area contributed by atoms with Gasteiger partial charge in [-0.1, -0.05) is 0 Å². The quantitative estimate of drug-likeness (QED) is 0.651. The summed E-state index contributed by atoms with van der Waals surface area (Å²) in [5.41, 5.74) is -2.27. The maximum atomic E-state index is 13.1. The maximum Gasteiger partial charge on any atom is 0.419 e. The van der Waals surface area contributed by atoms with Crippen molar-refractivity contribution in [1.29, 1.82) is 0 Å². The second kappa shape index (κ2) is 6.81. The van der Waals surface area contributed by atoms with E-state index in [9.17, 15) is 35.6 Å². The predicted molar refractivity (Wildman–Crippen MR) is 69.5 cm³/mol. The molecule has 0 radical (unpaired) electrons. The number of carbonyl (C=O) groups excluding carboxylic acids is 1. The van der Waals surface area contributed by atoms with Crippen molar-refractivity contribution < 1.29 is 40.7 Å². The van der Waals surface area contributed by atoms with Crippen LogP contribution < -0.4 is 10.0 Å². The first-order valence-electron chi connectivity index (χ1n) is 5.76. The molecule has 0 atom stereocenters. The summed E-state index contributed by atoms with van der Waals surface area (Å²) in [7, 11) is -4.40. The normalized spacial score (nSPS) is 11.8. The first-order valence-corrected chi connectivity index (χ1v) is 7.41. The number of hydrogen-bond donors (Lipinski definition) is 3. The smallest absolute Gasteiger partial charge is 0.419 e. The Labute approximate surface area is 127 Å². The number of carbonyl (C=O) groups is 2. The molecule has 0 spiro atoms. The van der Waals surface area contributed by atoms with Gasteiger partial charge in [-0.05, 0) is 18.2 Å². The lowest BCUT2D eigenvalue weighted by Crippen LogP contribution is -2.35. The summed E-state index contributed by atoms with van der Waals surface area (Å²) in [6.45, 7) is -0.816. The molecule has 0 saturated carbocycles. The van der Waals surface area contributed by atoms with Gasteiger partial charge in [-0.15, -0.1) is 0 Å². The third kappa shape index (κ3) is 6.10. The standard InChI is InChI=1S/C11H10F4N2O5S/c12-8-2-1-6(3-7(8)11(13,14)15)17-23(21,22)5-9(18)16-4-10(19)20/h1-3,17H,4-5H2,(H,16,18)(H,19,20). The highest BCUT2D eigenvalue weighted by atomic mass is 32.2. The van der Waals surface area contributed by atoms with Crippen molar-refractivity contribution >= 4 is 27.6 Å². The molecule has 1 aromatic rings. The molecule has 1 aromatic carbocycles. The van der Waals surface area contributed by atoms with E-state index in [1.807, 2.05) is 0 Å². The number of anilines is 1. The molecule has 23 heavy (non-hydrogen) atoms. The molecule has 0 fully saturated rings. The molecular weight excluding hydrogens is 348 g/mol. The molecule has 0 bridgehead atoms. The zero-order valence-electron chi connectivity index (χ0n) is 11.1. The summed E-state index contributed by atoms with van der Waals surface area (Å²) < 4.78 is 75.5. The van der Waals surface area contributed by atoms with Crippen molar-refractivity contribution in [3.63, 3.8) is 0 Å². The SMILES string of the molecule is O=C(O)CNC(=O)CS(=O)(=O)Nc1ccc(F)c(C(F)(F)F)c1. The van der Waals surface area contributed by atoms with E-state index in [1.54, 1.807) is 10.0 Å². The number of nitrogens with one attached hydrogen (secondary N) is 2. The predicted octanol–water partition coefficient (Wildman–Crippen LogP) is 0.787. The van der Waals surface area contributed by atoms with Gasteiger partial charge in [0.25, 0.3) is 0 Å². The van der Waals surface area contributed by atoms with Crippen LogP contribution in [0.2, 0.25) is 0 Å². The first kappa shape index (κ1) is 18.7. The van der Waals surface area contributed by atoms with Crippen molar-refractivity contribution in [2.75, 3.05) is 17.0 Å². The largest absolute Gasteiger partial charge is 0.480 e. The van der Waals surface area contributed by atoms with Crippen LogP contribution in [0.25, 0.3) is 0 Å². The van der Waals surface area contributed by atoms with E-state index >= 15 is 0 Å². The number of rotatable bonds is 6. The minimum Gasteiger partial charge on any atom is -0.480 e. The second-order valence-corrected chi connectivity index (χ2v) is 5.95. The second-order valence-electron chi connectivity index (χ2n) is 4.22. The summed E-state index contributed by atoms with van der Waals surface area (Å²) >= 11 is 0. The molecule has 7 nitrogen and oxygen atoms in total. The molecule has 12 heteroatoms. The van der Waals surface area contributed by atoms with Crippen LogP contribution >= 0.6 is 0 Å². The Morgan fingerprint density at radius 3 is 2.35 bits per heavy atom. The lowest BCUT2D eigenvalue weighted by Gasteiger charge is -2.12. The highest BCUT2D eigenvalue weighted by molar-refractivity contribution is 7.93. The number of carboxylic acid groups (broad SMARTS) is 1. The number of benzene rings is 1. The summed E-state index contributed by atoms with van der Waals surface area (Å²) in [6, 6.07) is 1.41. The Hall–Kier alpha value is -2.37.